The summed E-state index contributed by atoms with van der Waals surface area (Å²) < 4.78 is 5.39. The monoisotopic (exact) mass is 262 g/mol. The lowest BCUT2D eigenvalue weighted by Crippen LogP contribution is -2.53. The molecule has 1 heterocycles. The number of carbonyl (C=O) groups excluding carboxylic acids is 1. The van der Waals surface area contributed by atoms with Gasteiger partial charge in [0.05, 0.1) is 18.3 Å². The van der Waals surface area contributed by atoms with Crippen molar-refractivity contribution in [3.63, 3.8) is 0 Å². The highest BCUT2D eigenvalue weighted by Crippen LogP contribution is 2.32. The fraction of sp³-hybridized carbons (Fsp3) is 0.533. The smallest absolute Gasteiger partial charge is 0.247 e. The Hall–Kier alpha value is -1.55. The lowest BCUT2D eigenvalue weighted by molar-refractivity contribution is -0.123. The zero-order valence-electron chi connectivity index (χ0n) is 12.1. The third-order valence-electron chi connectivity index (χ3n) is 3.67. The van der Waals surface area contributed by atoms with E-state index >= 15 is 0 Å². The molecule has 1 saturated heterocycles. The molecule has 0 radical (unpaired) electrons. The van der Waals surface area contributed by atoms with E-state index in [1.54, 1.807) is 7.11 Å². The van der Waals surface area contributed by atoms with Gasteiger partial charge in [0, 0.05) is 6.04 Å². The average molecular weight is 262 g/mol. The van der Waals surface area contributed by atoms with Gasteiger partial charge in [0.2, 0.25) is 5.91 Å². The molecule has 1 fully saturated rings. The fourth-order valence-corrected chi connectivity index (χ4v) is 2.48. The van der Waals surface area contributed by atoms with Crippen LogP contribution in [0.1, 0.15) is 27.2 Å². The Morgan fingerprint density at radius 2 is 2.05 bits per heavy atom. The van der Waals surface area contributed by atoms with Gasteiger partial charge >= 0.3 is 0 Å². The normalized spacial score (nSPS) is 23.1. The van der Waals surface area contributed by atoms with E-state index in [4.69, 9.17) is 4.74 Å². The summed E-state index contributed by atoms with van der Waals surface area (Å²) in [6, 6.07) is 7.83. The number of carbonyl (C=O) groups is 1. The molecule has 4 heteroatoms. The van der Waals surface area contributed by atoms with E-state index in [1.807, 2.05) is 43.0 Å². The van der Waals surface area contributed by atoms with Crippen molar-refractivity contribution in [1.82, 2.24) is 5.32 Å². The molecule has 1 atom stereocenters. The molecule has 4 nitrogen and oxygen atoms in total. The van der Waals surface area contributed by atoms with Crippen LogP contribution in [-0.4, -0.2) is 31.1 Å². The van der Waals surface area contributed by atoms with E-state index in [9.17, 15) is 4.79 Å². The number of ether oxygens (including phenoxy) is 1. The molecule has 0 aromatic heterocycles. The van der Waals surface area contributed by atoms with E-state index in [0.29, 0.717) is 0 Å². The number of rotatable bonds is 2. The molecule has 0 spiro atoms. The molecule has 2 rings (SSSR count). The molecule has 1 aliphatic heterocycles. The third-order valence-corrected chi connectivity index (χ3v) is 3.67. The van der Waals surface area contributed by atoms with E-state index in [1.165, 1.54) is 0 Å². The van der Waals surface area contributed by atoms with Crippen LogP contribution in [0.4, 0.5) is 5.69 Å². The minimum atomic E-state index is -0.550. The average Bonchev–Trinajstić information content (AvgIpc) is 2.48. The van der Waals surface area contributed by atoms with Crippen molar-refractivity contribution in [2.45, 2.75) is 38.8 Å². The largest absolute Gasteiger partial charge is 0.495 e. The minimum Gasteiger partial charge on any atom is -0.495 e. The number of amides is 1. The lowest BCUT2D eigenvalue weighted by atomic mass is 10.0. The highest BCUT2D eigenvalue weighted by Gasteiger charge is 2.38. The summed E-state index contributed by atoms with van der Waals surface area (Å²) >= 11 is 0. The zero-order chi connectivity index (χ0) is 14.0. The first-order valence-electron chi connectivity index (χ1n) is 6.69. The Morgan fingerprint density at radius 3 is 2.74 bits per heavy atom. The number of nitrogens with one attached hydrogen (secondary N) is 1. The molecule has 1 aromatic rings. The zero-order valence-corrected chi connectivity index (χ0v) is 12.1. The van der Waals surface area contributed by atoms with Crippen LogP contribution in [0.25, 0.3) is 0 Å². The van der Waals surface area contributed by atoms with Crippen molar-refractivity contribution in [3.8, 4) is 5.75 Å². The van der Waals surface area contributed by atoms with Gasteiger partial charge in [-0.25, -0.2) is 0 Å². The van der Waals surface area contributed by atoms with Gasteiger partial charge < -0.3 is 15.0 Å². The quantitative estimate of drug-likeness (QED) is 0.888. The van der Waals surface area contributed by atoms with Crippen molar-refractivity contribution in [2.75, 3.05) is 18.6 Å². The molecule has 1 unspecified atom stereocenters. The number of nitrogens with zero attached hydrogens (tertiary/aromatic N) is 1. The maximum absolute atomic E-state index is 12.8. The van der Waals surface area contributed by atoms with E-state index in [-0.39, 0.29) is 11.9 Å². The van der Waals surface area contributed by atoms with Crippen molar-refractivity contribution >= 4 is 11.6 Å². The highest BCUT2D eigenvalue weighted by atomic mass is 16.5. The summed E-state index contributed by atoms with van der Waals surface area (Å²) in [7, 11) is 1.63. The molecule has 0 aliphatic carbocycles. The summed E-state index contributed by atoms with van der Waals surface area (Å²) in [6.07, 6.45) is 0.924. The number of methoxy groups -OCH3 is 1. The Morgan fingerprint density at radius 1 is 1.37 bits per heavy atom. The van der Waals surface area contributed by atoms with Gasteiger partial charge in [-0.05, 0) is 45.9 Å². The van der Waals surface area contributed by atoms with Crippen LogP contribution in [0.5, 0.6) is 5.75 Å². The van der Waals surface area contributed by atoms with Gasteiger partial charge in [0.15, 0.2) is 0 Å². The summed E-state index contributed by atoms with van der Waals surface area (Å²) in [5.41, 5.74) is 0.297. The van der Waals surface area contributed by atoms with Gasteiger partial charge in [0.25, 0.3) is 0 Å². The molecule has 1 amide bonds. The number of hydrogen-bond acceptors (Lipinski definition) is 3. The minimum absolute atomic E-state index is 0.0852. The number of anilines is 1. The predicted molar refractivity (Wildman–Crippen MR) is 76.6 cm³/mol. The molecule has 19 heavy (non-hydrogen) atoms. The Bertz CT molecular complexity index is 471. The van der Waals surface area contributed by atoms with Crippen LogP contribution in [-0.2, 0) is 4.79 Å². The Kier molecular flexibility index (Phi) is 3.80. The topological polar surface area (TPSA) is 41.6 Å². The van der Waals surface area contributed by atoms with Crippen LogP contribution >= 0.6 is 0 Å². The predicted octanol–water partition coefficient (Wildman–Crippen LogP) is 2.19. The first-order valence-corrected chi connectivity index (χ1v) is 6.69. The van der Waals surface area contributed by atoms with Crippen LogP contribution < -0.4 is 15.0 Å². The summed E-state index contributed by atoms with van der Waals surface area (Å²) in [5, 5.41) is 3.31. The highest BCUT2D eigenvalue weighted by molar-refractivity contribution is 6.01. The standard InChI is InChI=1S/C15H22N2O2/c1-11-9-10-16-15(2,3)14(18)17(11)12-7-5-6-8-13(12)19-4/h5-8,11,16H,9-10H2,1-4H3. The second-order valence-corrected chi connectivity index (χ2v) is 5.54. The van der Waals surface area contributed by atoms with Crippen molar-refractivity contribution in [2.24, 2.45) is 0 Å². The molecular formula is C15H22N2O2. The number of hydrogen-bond donors (Lipinski definition) is 1. The second kappa shape index (κ2) is 5.21. The van der Waals surface area contributed by atoms with Crippen molar-refractivity contribution in [1.29, 1.82) is 0 Å². The first-order chi connectivity index (χ1) is 8.97. The lowest BCUT2D eigenvalue weighted by Gasteiger charge is -2.33. The van der Waals surface area contributed by atoms with Gasteiger partial charge in [-0.15, -0.1) is 0 Å². The fourth-order valence-electron chi connectivity index (χ4n) is 2.48. The van der Waals surface area contributed by atoms with E-state index in [0.717, 1.165) is 24.4 Å². The molecular weight excluding hydrogens is 240 g/mol. The van der Waals surface area contributed by atoms with Gasteiger partial charge in [-0.1, -0.05) is 12.1 Å². The summed E-state index contributed by atoms with van der Waals surface area (Å²) in [5.74, 6) is 0.822. The SMILES string of the molecule is COc1ccccc1N1C(=O)C(C)(C)NCCC1C. The van der Waals surface area contributed by atoms with Crippen LogP contribution in [0.15, 0.2) is 24.3 Å². The van der Waals surface area contributed by atoms with Crippen LogP contribution in [0, 0.1) is 0 Å². The van der Waals surface area contributed by atoms with Gasteiger partial charge in [0.1, 0.15) is 5.75 Å². The molecule has 1 aliphatic rings. The molecule has 0 saturated carbocycles. The van der Waals surface area contributed by atoms with Crippen molar-refractivity contribution < 1.29 is 9.53 Å². The van der Waals surface area contributed by atoms with E-state index < -0.39 is 5.54 Å². The van der Waals surface area contributed by atoms with Crippen molar-refractivity contribution in [3.05, 3.63) is 24.3 Å². The second-order valence-electron chi connectivity index (χ2n) is 5.54. The third kappa shape index (κ3) is 2.59. The summed E-state index contributed by atoms with van der Waals surface area (Å²) in [6.45, 7) is 6.77. The van der Waals surface area contributed by atoms with E-state index in [2.05, 4.69) is 12.2 Å². The maximum Gasteiger partial charge on any atom is 0.247 e. The van der Waals surface area contributed by atoms with Crippen LogP contribution in [0.3, 0.4) is 0 Å². The van der Waals surface area contributed by atoms with Gasteiger partial charge in [-0.2, -0.15) is 0 Å². The van der Waals surface area contributed by atoms with Gasteiger partial charge in [-0.3, -0.25) is 4.79 Å². The number of benzene rings is 1. The Balaban J connectivity index is 2.47. The summed E-state index contributed by atoms with van der Waals surface area (Å²) in [4.78, 5) is 14.6. The maximum atomic E-state index is 12.8. The number of para-hydroxylation sites is 2. The molecule has 1 N–H and O–H groups in total. The molecule has 104 valence electrons. The first kappa shape index (κ1) is 13.9. The molecule has 1 aromatic carbocycles. The van der Waals surface area contributed by atoms with Crippen LogP contribution in [0.2, 0.25) is 0 Å². The Labute approximate surface area is 114 Å². The molecule has 0 bridgehead atoms.